The Morgan fingerprint density at radius 1 is 0.781 bits per heavy atom. The van der Waals surface area contributed by atoms with Gasteiger partial charge in [0.2, 0.25) is 0 Å². The van der Waals surface area contributed by atoms with Crippen LogP contribution in [0, 0.1) is 5.92 Å². The number of hydrogen-bond donors (Lipinski definition) is 0. The van der Waals surface area contributed by atoms with Gasteiger partial charge in [-0.2, -0.15) is 13.2 Å². The number of rotatable bonds is 11. The first-order valence-electron chi connectivity index (χ1n) is 12.3. The van der Waals surface area contributed by atoms with Gasteiger partial charge in [0.15, 0.2) is 0 Å². The average molecular weight is 447 g/mol. The maximum absolute atomic E-state index is 12.6. The molecule has 0 radical (unpaired) electrons. The third kappa shape index (κ3) is 7.86. The number of halogens is 3. The highest BCUT2D eigenvalue weighted by Crippen LogP contribution is 2.38. The van der Waals surface area contributed by atoms with Crippen LogP contribution in [0.15, 0.2) is 48.5 Å². The van der Waals surface area contributed by atoms with Crippen LogP contribution in [0.5, 0.6) is 5.75 Å². The van der Waals surface area contributed by atoms with Crippen molar-refractivity contribution in [3.05, 3.63) is 65.2 Å². The van der Waals surface area contributed by atoms with Crippen molar-refractivity contribution in [3.8, 4) is 5.75 Å². The Morgan fingerprint density at radius 2 is 1.41 bits per heavy atom. The summed E-state index contributed by atoms with van der Waals surface area (Å²) in [5.74, 6) is 2.01. The largest absolute Gasteiger partial charge is 0.489 e. The molecule has 0 N–H and O–H groups in total. The summed E-state index contributed by atoms with van der Waals surface area (Å²) in [6.45, 7) is 2.62. The van der Waals surface area contributed by atoms with Crippen molar-refractivity contribution in [1.29, 1.82) is 0 Å². The predicted octanol–water partition coefficient (Wildman–Crippen LogP) is 9.31. The fraction of sp³-hybridized carbons (Fsp3) is 0.571. The first-order valence-corrected chi connectivity index (χ1v) is 12.3. The molecule has 0 saturated heterocycles. The van der Waals surface area contributed by atoms with Crippen LogP contribution in [0.3, 0.4) is 0 Å². The summed E-state index contributed by atoms with van der Waals surface area (Å²) in [4.78, 5) is 0. The van der Waals surface area contributed by atoms with Crippen molar-refractivity contribution < 1.29 is 17.9 Å². The van der Waals surface area contributed by atoms with Gasteiger partial charge in [-0.1, -0.05) is 76.1 Å². The molecule has 3 rings (SSSR count). The Labute approximate surface area is 191 Å². The molecule has 1 aliphatic rings. The second-order valence-corrected chi connectivity index (χ2v) is 9.33. The molecular weight excluding hydrogens is 409 g/mol. The van der Waals surface area contributed by atoms with Crippen molar-refractivity contribution >= 4 is 0 Å². The SMILES string of the molecule is CCCCCCCCC1CCC(c2ccc(COc3ccc(C(F)(F)F)cc3)cc2)CC1. The molecule has 0 aliphatic heterocycles. The third-order valence-electron chi connectivity index (χ3n) is 6.85. The van der Waals surface area contributed by atoms with Crippen LogP contribution in [0.1, 0.15) is 100 Å². The van der Waals surface area contributed by atoms with E-state index >= 15 is 0 Å². The Morgan fingerprint density at radius 3 is 2.03 bits per heavy atom. The van der Waals surface area contributed by atoms with E-state index in [1.165, 1.54) is 88.3 Å². The van der Waals surface area contributed by atoms with Crippen molar-refractivity contribution in [3.63, 3.8) is 0 Å². The molecule has 1 saturated carbocycles. The standard InChI is InChI=1S/C28H37F3O/c1-2-3-4-5-6-7-8-22-9-13-24(14-10-22)25-15-11-23(12-16-25)21-32-27-19-17-26(18-20-27)28(29,30)31/h11-12,15-20,22,24H,2-10,13-14,21H2,1H3. The number of alkyl halides is 3. The van der Waals surface area contributed by atoms with Gasteiger partial charge in [0.1, 0.15) is 12.4 Å². The lowest BCUT2D eigenvalue weighted by molar-refractivity contribution is -0.137. The average Bonchev–Trinajstić information content (AvgIpc) is 2.80. The zero-order valence-electron chi connectivity index (χ0n) is 19.3. The molecule has 0 bridgehead atoms. The maximum atomic E-state index is 12.6. The van der Waals surface area contributed by atoms with E-state index in [0.29, 0.717) is 18.3 Å². The van der Waals surface area contributed by atoms with E-state index < -0.39 is 11.7 Å². The van der Waals surface area contributed by atoms with E-state index in [1.807, 2.05) is 0 Å². The Bertz CT molecular complexity index is 772. The molecule has 2 aromatic carbocycles. The van der Waals surface area contributed by atoms with Crippen LogP contribution >= 0.6 is 0 Å². The summed E-state index contributed by atoms with van der Waals surface area (Å²) in [6, 6.07) is 13.4. The minimum atomic E-state index is -4.32. The minimum absolute atomic E-state index is 0.358. The lowest BCUT2D eigenvalue weighted by atomic mass is 9.77. The normalized spacial score (nSPS) is 19.1. The molecule has 1 nitrogen and oxygen atoms in total. The first kappa shape index (κ1) is 24.7. The molecular formula is C28H37F3O. The molecule has 0 spiro atoms. The van der Waals surface area contributed by atoms with Crippen LogP contribution in [0.4, 0.5) is 13.2 Å². The van der Waals surface area contributed by atoms with E-state index in [4.69, 9.17) is 4.74 Å². The smallest absolute Gasteiger partial charge is 0.416 e. The monoisotopic (exact) mass is 446 g/mol. The molecule has 176 valence electrons. The summed E-state index contributed by atoms with van der Waals surface area (Å²) in [5.41, 5.74) is 1.78. The molecule has 0 unspecified atom stereocenters. The van der Waals surface area contributed by atoms with Crippen LogP contribution in [-0.4, -0.2) is 0 Å². The Kier molecular flexibility index (Phi) is 9.50. The predicted molar refractivity (Wildman–Crippen MR) is 125 cm³/mol. The Balaban J connectivity index is 1.37. The van der Waals surface area contributed by atoms with Crippen LogP contribution in [-0.2, 0) is 12.8 Å². The van der Waals surface area contributed by atoms with Gasteiger partial charge in [-0.25, -0.2) is 0 Å². The molecule has 0 heterocycles. The Hall–Kier alpha value is -1.97. The number of benzene rings is 2. The molecule has 1 fully saturated rings. The highest BCUT2D eigenvalue weighted by molar-refractivity contribution is 5.30. The molecule has 32 heavy (non-hydrogen) atoms. The lowest BCUT2D eigenvalue weighted by Gasteiger charge is -2.29. The third-order valence-corrected chi connectivity index (χ3v) is 6.85. The van der Waals surface area contributed by atoms with Gasteiger partial charge in [-0.05, 0) is 72.9 Å². The van der Waals surface area contributed by atoms with Gasteiger partial charge in [0, 0.05) is 0 Å². The molecule has 2 aromatic rings. The van der Waals surface area contributed by atoms with Crippen molar-refractivity contribution in [1.82, 2.24) is 0 Å². The van der Waals surface area contributed by atoms with Gasteiger partial charge in [0.25, 0.3) is 0 Å². The van der Waals surface area contributed by atoms with Crippen molar-refractivity contribution in [2.75, 3.05) is 0 Å². The molecule has 1 aliphatic carbocycles. The second-order valence-electron chi connectivity index (χ2n) is 9.33. The molecule has 0 atom stereocenters. The van der Waals surface area contributed by atoms with Crippen LogP contribution in [0.25, 0.3) is 0 Å². The van der Waals surface area contributed by atoms with E-state index in [0.717, 1.165) is 23.6 Å². The zero-order chi connectivity index (χ0) is 22.8. The van der Waals surface area contributed by atoms with E-state index in [2.05, 4.69) is 31.2 Å². The van der Waals surface area contributed by atoms with Crippen molar-refractivity contribution in [2.24, 2.45) is 5.92 Å². The van der Waals surface area contributed by atoms with Gasteiger partial charge < -0.3 is 4.74 Å². The fourth-order valence-electron chi connectivity index (χ4n) is 4.79. The maximum Gasteiger partial charge on any atom is 0.416 e. The highest BCUT2D eigenvalue weighted by atomic mass is 19.4. The van der Waals surface area contributed by atoms with Gasteiger partial charge in [-0.3, -0.25) is 0 Å². The van der Waals surface area contributed by atoms with Gasteiger partial charge in [-0.15, -0.1) is 0 Å². The summed E-state index contributed by atoms with van der Waals surface area (Å²) >= 11 is 0. The summed E-state index contributed by atoms with van der Waals surface area (Å²) < 4.78 is 43.6. The topological polar surface area (TPSA) is 9.23 Å². The van der Waals surface area contributed by atoms with Crippen molar-refractivity contribution in [2.45, 2.75) is 96.3 Å². The number of ether oxygens (including phenoxy) is 1. The fourth-order valence-corrected chi connectivity index (χ4v) is 4.79. The second kappa shape index (κ2) is 12.3. The van der Waals surface area contributed by atoms with Gasteiger partial charge in [0.05, 0.1) is 5.56 Å². The molecule has 0 aromatic heterocycles. The zero-order valence-corrected chi connectivity index (χ0v) is 19.3. The summed E-state index contributed by atoms with van der Waals surface area (Å²) in [7, 11) is 0. The quantitative estimate of drug-likeness (QED) is 0.312. The van der Waals surface area contributed by atoms with E-state index in [9.17, 15) is 13.2 Å². The highest BCUT2D eigenvalue weighted by Gasteiger charge is 2.30. The van der Waals surface area contributed by atoms with E-state index in [1.54, 1.807) is 0 Å². The molecule has 4 heteroatoms. The summed E-state index contributed by atoms with van der Waals surface area (Å²) in [6.07, 6.45) is 10.6. The minimum Gasteiger partial charge on any atom is -0.489 e. The van der Waals surface area contributed by atoms with Crippen LogP contribution < -0.4 is 4.74 Å². The first-order chi connectivity index (χ1) is 15.5. The molecule has 0 amide bonds. The van der Waals surface area contributed by atoms with Crippen LogP contribution in [0.2, 0.25) is 0 Å². The number of unbranched alkanes of at least 4 members (excludes halogenated alkanes) is 5. The van der Waals surface area contributed by atoms with Gasteiger partial charge >= 0.3 is 6.18 Å². The lowest BCUT2D eigenvalue weighted by Crippen LogP contribution is -2.13. The van der Waals surface area contributed by atoms with E-state index in [-0.39, 0.29) is 0 Å². The number of hydrogen-bond acceptors (Lipinski definition) is 1. The summed E-state index contributed by atoms with van der Waals surface area (Å²) in [5, 5.41) is 0.